The van der Waals surface area contributed by atoms with Crippen molar-refractivity contribution in [2.24, 2.45) is 0 Å². The van der Waals surface area contributed by atoms with Crippen molar-refractivity contribution in [1.29, 1.82) is 0 Å². The lowest BCUT2D eigenvalue weighted by atomic mass is 10.1. The average molecular weight is 377 g/mol. The zero-order valence-corrected chi connectivity index (χ0v) is 15.5. The minimum Gasteiger partial charge on any atom is -0.489 e. The van der Waals surface area contributed by atoms with Gasteiger partial charge in [-0.25, -0.2) is 0 Å². The second kappa shape index (κ2) is 9.11. The van der Waals surface area contributed by atoms with Gasteiger partial charge in [0.1, 0.15) is 16.9 Å². The van der Waals surface area contributed by atoms with Gasteiger partial charge in [0.25, 0.3) is 0 Å². The summed E-state index contributed by atoms with van der Waals surface area (Å²) in [7, 11) is 0. The molecular weight excluding hydrogens is 356 g/mol. The second-order valence-electron chi connectivity index (χ2n) is 5.92. The summed E-state index contributed by atoms with van der Waals surface area (Å²) in [5.74, 6) is 1.70. The third kappa shape index (κ3) is 5.38. The third-order valence-corrected chi connectivity index (χ3v) is 5.45. The number of carbonyl (C=O) groups excluding carboxylic acids is 1. The van der Waals surface area contributed by atoms with Crippen molar-refractivity contribution in [1.82, 2.24) is 9.88 Å². The predicted octanol–water partition coefficient (Wildman–Crippen LogP) is 4.29. The third-order valence-electron chi connectivity index (χ3n) is 4.15. The van der Waals surface area contributed by atoms with Gasteiger partial charge in [0.05, 0.1) is 0 Å². The maximum Gasteiger partial charge on any atom is 0.223 e. The Hall–Kier alpha value is -1.72. The lowest BCUT2D eigenvalue weighted by Gasteiger charge is -2.32. The minimum atomic E-state index is 0.0997. The number of aromatic nitrogens is 1. The Morgan fingerprint density at radius 1 is 1.24 bits per heavy atom. The fourth-order valence-electron chi connectivity index (χ4n) is 2.79. The van der Waals surface area contributed by atoms with E-state index < -0.39 is 0 Å². The van der Waals surface area contributed by atoms with Crippen LogP contribution in [0.3, 0.4) is 0 Å². The number of benzene rings is 1. The number of piperidine rings is 1. The van der Waals surface area contributed by atoms with Crippen molar-refractivity contribution in [2.75, 3.05) is 18.8 Å². The summed E-state index contributed by atoms with van der Waals surface area (Å²) < 4.78 is 5.94. The van der Waals surface area contributed by atoms with E-state index in [0.717, 1.165) is 31.7 Å². The van der Waals surface area contributed by atoms with Gasteiger partial charge in [0.15, 0.2) is 0 Å². The first-order valence-corrected chi connectivity index (χ1v) is 9.80. The van der Waals surface area contributed by atoms with E-state index >= 15 is 0 Å². The molecule has 0 atom stereocenters. The fraction of sp³-hybridized carbons (Fsp3) is 0.368. The van der Waals surface area contributed by atoms with Crippen LogP contribution < -0.4 is 4.74 Å². The van der Waals surface area contributed by atoms with E-state index in [0.29, 0.717) is 17.2 Å². The van der Waals surface area contributed by atoms with Crippen molar-refractivity contribution in [3.63, 3.8) is 0 Å². The molecular formula is C19H21ClN2O2S. The molecule has 1 amide bonds. The molecule has 0 unspecified atom stereocenters. The fourth-order valence-corrected chi connectivity index (χ4v) is 3.82. The highest BCUT2D eigenvalue weighted by molar-refractivity contribution is 7.99. The summed E-state index contributed by atoms with van der Waals surface area (Å²) in [5, 5.41) is 0.527. The van der Waals surface area contributed by atoms with Gasteiger partial charge in [0.2, 0.25) is 5.91 Å². The highest BCUT2D eigenvalue weighted by atomic mass is 35.5. The number of amides is 1. The summed E-state index contributed by atoms with van der Waals surface area (Å²) >= 11 is 7.80. The number of hydrogen-bond acceptors (Lipinski definition) is 4. The molecule has 2 heterocycles. The van der Waals surface area contributed by atoms with Crippen LogP contribution in [0.15, 0.2) is 53.7 Å². The number of hydrogen-bond donors (Lipinski definition) is 0. The van der Waals surface area contributed by atoms with Crippen LogP contribution in [0.4, 0.5) is 0 Å². The molecule has 0 bridgehead atoms. The first-order valence-electron chi connectivity index (χ1n) is 8.44. The standard InChI is InChI=1S/C19H21ClN2O2S/c20-17-14-21-10-6-18(17)24-15-7-11-22(12-8-15)19(23)9-13-25-16-4-2-1-3-5-16/h1-6,10,14-15H,7-9,11-13H2. The molecule has 1 aromatic heterocycles. The maximum absolute atomic E-state index is 12.3. The first-order chi connectivity index (χ1) is 12.2. The zero-order chi connectivity index (χ0) is 17.5. The van der Waals surface area contributed by atoms with E-state index in [1.807, 2.05) is 23.1 Å². The molecule has 0 N–H and O–H groups in total. The van der Waals surface area contributed by atoms with Gasteiger partial charge in [0, 0.05) is 61.5 Å². The molecule has 132 valence electrons. The van der Waals surface area contributed by atoms with Crippen LogP contribution in [-0.4, -0.2) is 40.7 Å². The number of ether oxygens (including phenoxy) is 1. The van der Waals surface area contributed by atoms with Gasteiger partial charge in [-0.05, 0) is 12.1 Å². The van der Waals surface area contributed by atoms with Gasteiger partial charge >= 0.3 is 0 Å². The molecule has 0 aliphatic carbocycles. The van der Waals surface area contributed by atoms with E-state index in [9.17, 15) is 4.79 Å². The molecule has 1 aliphatic heterocycles. The molecule has 1 aliphatic rings. The molecule has 25 heavy (non-hydrogen) atoms. The molecule has 1 aromatic carbocycles. The molecule has 1 fully saturated rings. The van der Waals surface area contributed by atoms with Crippen molar-refractivity contribution in [2.45, 2.75) is 30.3 Å². The Kier molecular flexibility index (Phi) is 6.59. The summed E-state index contributed by atoms with van der Waals surface area (Å²) in [6, 6.07) is 12.0. The van der Waals surface area contributed by atoms with Gasteiger partial charge < -0.3 is 9.64 Å². The maximum atomic E-state index is 12.3. The minimum absolute atomic E-state index is 0.0997. The molecule has 2 aromatic rings. The van der Waals surface area contributed by atoms with Gasteiger partial charge in [-0.3, -0.25) is 9.78 Å². The summed E-state index contributed by atoms with van der Waals surface area (Å²) in [4.78, 5) is 19.5. The number of pyridine rings is 1. The van der Waals surface area contributed by atoms with Crippen LogP contribution in [0.25, 0.3) is 0 Å². The van der Waals surface area contributed by atoms with E-state index in [1.165, 1.54) is 4.90 Å². The Morgan fingerprint density at radius 3 is 2.72 bits per heavy atom. The topological polar surface area (TPSA) is 42.4 Å². The van der Waals surface area contributed by atoms with Crippen LogP contribution in [0.5, 0.6) is 5.75 Å². The molecule has 4 nitrogen and oxygen atoms in total. The lowest BCUT2D eigenvalue weighted by molar-refractivity contribution is -0.132. The number of likely N-dealkylation sites (tertiary alicyclic amines) is 1. The van der Waals surface area contributed by atoms with E-state index in [4.69, 9.17) is 16.3 Å². The van der Waals surface area contributed by atoms with Gasteiger partial charge in [-0.15, -0.1) is 11.8 Å². The first kappa shape index (κ1) is 18.1. The van der Waals surface area contributed by atoms with Crippen molar-refractivity contribution in [3.8, 4) is 5.75 Å². The Bertz CT molecular complexity index is 691. The number of nitrogens with zero attached hydrogens (tertiary/aromatic N) is 2. The number of halogens is 1. The summed E-state index contributed by atoms with van der Waals surface area (Å²) in [6.45, 7) is 1.48. The average Bonchev–Trinajstić information content (AvgIpc) is 2.65. The van der Waals surface area contributed by atoms with Crippen LogP contribution in [0, 0.1) is 0 Å². The molecule has 6 heteroatoms. The van der Waals surface area contributed by atoms with E-state index in [-0.39, 0.29) is 12.0 Å². The quantitative estimate of drug-likeness (QED) is 0.705. The Morgan fingerprint density at radius 2 is 2.00 bits per heavy atom. The van der Waals surface area contributed by atoms with Crippen molar-refractivity contribution >= 4 is 29.3 Å². The summed E-state index contributed by atoms with van der Waals surface area (Å²) in [6.07, 6.45) is 5.58. The molecule has 0 radical (unpaired) electrons. The largest absolute Gasteiger partial charge is 0.489 e. The van der Waals surface area contributed by atoms with Crippen molar-refractivity contribution < 1.29 is 9.53 Å². The highest BCUT2D eigenvalue weighted by Gasteiger charge is 2.24. The van der Waals surface area contributed by atoms with Crippen LogP contribution in [0.1, 0.15) is 19.3 Å². The SMILES string of the molecule is O=C(CCSc1ccccc1)N1CCC(Oc2ccncc2Cl)CC1. The van der Waals surface area contributed by atoms with E-state index in [1.54, 1.807) is 30.2 Å². The molecule has 0 saturated carbocycles. The second-order valence-corrected chi connectivity index (χ2v) is 7.49. The Balaban J connectivity index is 1.39. The van der Waals surface area contributed by atoms with Crippen LogP contribution in [0.2, 0.25) is 5.02 Å². The van der Waals surface area contributed by atoms with Crippen LogP contribution in [-0.2, 0) is 4.79 Å². The van der Waals surface area contributed by atoms with Gasteiger partial charge in [-0.2, -0.15) is 0 Å². The monoisotopic (exact) mass is 376 g/mol. The zero-order valence-electron chi connectivity index (χ0n) is 13.9. The normalized spacial score (nSPS) is 15.2. The van der Waals surface area contributed by atoms with E-state index in [2.05, 4.69) is 17.1 Å². The van der Waals surface area contributed by atoms with Gasteiger partial charge in [-0.1, -0.05) is 29.8 Å². The Labute approximate surface area is 157 Å². The predicted molar refractivity (Wildman–Crippen MR) is 101 cm³/mol. The number of thioether (sulfide) groups is 1. The van der Waals surface area contributed by atoms with Crippen LogP contribution >= 0.6 is 23.4 Å². The molecule has 0 spiro atoms. The lowest BCUT2D eigenvalue weighted by Crippen LogP contribution is -2.41. The summed E-state index contributed by atoms with van der Waals surface area (Å²) in [5.41, 5.74) is 0. The highest BCUT2D eigenvalue weighted by Crippen LogP contribution is 2.26. The molecule has 1 saturated heterocycles. The number of carbonyl (C=O) groups is 1. The number of rotatable bonds is 6. The molecule has 3 rings (SSSR count). The smallest absolute Gasteiger partial charge is 0.223 e. The van der Waals surface area contributed by atoms with Crippen molar-refractivity contribution in [3.05, 3.63) is 53.8 Å².